The summed E-state index contributed by atoms with van der Waals surface area (Å²) >= 11 is 1.27. The third-order valence-electron chi connectivity index (χ3n) is 3.52. The van der Waals surface area contributed by atoms with Crippen LogP contribution in [0.3, 0.4) is 0 Å². The van der Waals surface area contributed by atoms with E-state index in [4.69, 9.17) is 4.42 Å². The SMILES string of the molecule is O=C(CSc1nc2ccccc2o1)Nc1cccc2ncccc12. The molecule has 4 rings (SSSR count). The highest BCUT2D eigenvalue weighted by Crippen LogP contribution is 2.24. The number of nitrogens with zero attached hydrogens (tertiary/aromatic N) is 2. The number of rotatable bonds is 4. The van der Waals surface area contributed by atoms with Gasteiger partial charge < -0.3 is 9.73 Å². The lowest BCUT2D eigenvalue weighted by Gasteiger charge is -2.07. The van der Waals surface area contributed by atoms with Gasteiger partial charge in [-0.05, 0) is 36.4 Å². The van der Waals surface area contributed by atoms with Gasteiger partial charge in [-0.1, -0.05) is 30.0 Å². The standard InChI is InChI=1S/C18H13N3O2S/c22-17(11-24-18-21-15-6-1-2-9-16(15)23-18)20-14-8-3-7-13-12(14)5-4-10-19-13/h1-10H,11H2,(H,20,22). The van der Waals surface area contributed by atoms with Gasteiger partial charge in [-0.25, -0.2) is 4.98 Å². The molecule has 4 aromatic rings. The first-order valence-corrected chi connectivity index (χ1v) is 8.40. The average Bonchev–Trinajstić information content (AvgIpc) is 3.03. The highest BCUT2D eigenvalue weighted by Gasteiger charge is 2.10. The molecule has 1 N–H and O–H groups in total. The van der Waals surface area contributed by atoms with E-state index >= 15 is 0 Å². The van der Waals surface area contributed by atoms with Gasteiger partial charge in [-0.3, -0.25) is 9.78 Å². The van der Waals surface area contributed by atoms with Crippen LogP contribution in [0.25, 0.3) is 22.0 Å². The van der Waals surface area contributed by atoms with E-state index in [0.717, 1.165) is 27.7 Å². The Kier molecular flexibility index (Phi) is 3.88. The Morgan fingerprint density at radius 2 is 1.92 bits per heavy atom. The molecule has 5 nitrogen and oxygen atoms in total. The molecule has 1 amide bonds. The van der Waals surface area contributed by atoms with Crippen LogP contribution in [0.5, 0.6) is 0 Å². The molecule has 6 heteroatoms. The first-order valence-electron chi connectivity index (χ1n) is 7.41. The molecule has 0 aliphatic carbocycles. The zero-order chi connectivity index (χ0) is 16.4. The molecule has 24 heavy (non-hydrogen) atoms. The number of oxazole rings is 1. The van der Waals surface area contributed by atoms with Crippen LogP contribution in [0, 0.1) is 0 Å². The second kappa shape index (κ2) is 6.33. The molecule has 2 heterocycles. The summed E-state index contributed by atoms with van der Waals surface area (Å²) in [7, 11) is 0. The zero-order valence-corrected chi connectivity index (χ0v) is 13.4. The summed E-state index contributed by atoms with van der Waals surface area (Å²) < 4.78 is 5.60. The molecule has 0 saturated heterocycles. The number of amides is 1. The normalized spacial score (nSPS) is 11.0. The molecule has 0 spiro atoms. The largest absolute Gasteiger partial charge is 0.431 e. The molecule has 2 aromatic heterocycles. The first kappa shape index (κ1) is 14.7. The van der Waals surface area contributed by atoms with Crippen LogP contribution >= 0.6 is 11.8 Å². The van der Waals surface area contributed by atoms with E-state index in [1.807, 2.05) is 54.6 Å². The van der Waals surface area contributed by atoms with Crippen LogP contribution in [0.2, 0.25) is 0 Å². The number of carbonyl (C=O) groups is 1. The minimum Gasteiger partial charge on any atom is -0.431 e. The molecule has 0 atom stereocenters. The second-order valence-corrected chi connectivity index (χ2v) is 6.09. The Morgan fingerprint density at radius 3 is 2.83 bits per heavy atom. The van der Waals surface area contributed by atoms with E-state index in [0.29, 0.717) is 5.22 Å². The van der Waals surface area contributed by atoms with Crippen LogP contribution in [0.4, 0.5) is 5.69 Å². The van der Waals surface area contributed by atoms with E-state index in [1.165, 1.54) is 11.8 Å². The van der Waals surface area contributed by atoms with E-state index in [2.05, 4.69) is 15.3 Å². The molecular weight excluding hydrogens is 322 g/mol. The molecule has 0 aliphatic rings. The lowest BCUT2D eigenvalue weighted by Crippen LogP contribution is -2.14. The Labute approximate surface area is 142 Å². The van der Waals surface area contributed by atoms with Crippen molar-refractivity contribution in [3.8, 4) is 0 Å². The number of carbonyl (C=O) groups excluding carboxylic acids is 1. The molecule has 0 radical (unpaired) electrons. The van der Waals surface area contributed by atoms with Gasteiger partial charge in [0.2, 0.25) is 5.91 Å². The fraction of sp³-hybridized carbons (Fsp3) is 0.0556. The van der Waals surface area contributed by atoms with Gasteiger partial charge in [0.05, 0.1) is 17.0 Å². The van der Waals surface area contributed by atoms with Gasteiger partial charge in [0.25, 0.3) is 5.22 Å². The topological polar surface area (TPSA) is 68.0 Å². The average molecular weight is 335 g/mol. The van der Waals surface area contributed by atoms with Gasteiger partial charge in [0.1, 0.15) is 5.52 Å². The molecule has 0 aliphatic heterocycles. The van der Waals surface area contributed by atoms with Crippen LogP contribution < -0.4 is 5.32 Å². The van der Waals surface area contributed by atoms with Crippen molar-refractivity contribution in [3.05, 3.63) is 60.8 Å². The minimum absolute atomic E-state index is 0.112. The number of benzene rings is 2. The number of thioether (sulfide) groups is 1. The molecule has 0 fully saturated rings. The number of anilines is 1. The number of fused-ring (bicyclic) bond motifs is 2. The fourth-order valence-corrected chi connectivity index (χ4v) is 3.08. The number of hydrogen-bond donors (Lipinski definition) is 1. The highest BCUT2D eigenvalue weighted by atomic mass is 32.2. The predicted octanol–water partition coefficient (Wildman–Crippen LogP) is 4.11. The van der Waals surface area contributed by atoms with Gasteiger partial charge in [0, 0.05) is 11.6 Å². The van der Waals surface area contributed by atoms with E-state index in [9.17, 15) is 4.79 Å². The van der Waals surface area contributed by atoms with Gasteiger partial charge in [-0.15, -0.1) is 0 Å². The lowest BCUT2D eigenvalue weighted by molar-refractivity contribution is -0.113. The van der Waals surface area contributed by atoms with Crippen LogP contribution in [-0.4, -0.2) is 21.6 Å². The smallest absolute Gasteiger partial charge is 0.257 e. The number of aromatic nitrogens is 2. The van der Waals surface area contributed by atoms with Crippen LogP contribution in [0.1, 0.15) is 0 Å². The van der Waals surface area contributed by atoms with Crippen LogP contribution in [0.15, 0.2) is 70.4 Å². The van der Waals surface area contributed by atoms with Crippen molar-refractivity contribution in [3.63, 3.8) is 0 Å². The molecule has 2 aromatic carbocycles. The third-order valence-corrected chi connectivity index (χ3v) is 4.35. The first-order chi connectivity index (χ1) is 11.8. The van der Waals surface area contributed by atoms with E-state index in [1.54, 1.807) is 6.20 Å². The summed E-state index contributed by atoms with van der Waals surface area (Å²) in [4.78, 5) is 20.9. The van der Waals surface area contributed by atoms with Crippen molar-refractivity contribution in [1.82, 2.24) is 9.97 Å². The molecule has 0 saturated carbocycles. The maximum absolute atomic E-state index is 12.2. The van der Waals surface area contributed by atoms with Gasteiger partial charge >= 0.3 is 0 Å². The van der Waals surface area contributed by atoms with E-state index < -0.39 is 0 Å². The number of hydrogen-bond acceptors (Lipinski definition) is 5. The Hall–Kier alpha value is -2.86. The fourth-order valence-electron chi connectivity index (χ4n) is 2.44. The van der Waals surface area contributed by atoms with Crippen molar-refractivity contribution in [2.75, 3.05) is 11.1 Å². The summed E-state index contributed by atoms with van der Waals surface area (Å²) in [6, 6.07) is 17.0. The lowest BCUT2D eigenvalue weighted by atomic mass is 10.2. The van der Waals surface area contributed by atoms with Gasteiger partial charge in [-0.2, -0.15) is 0 Å². The molecule has 118 valence electrons. The predicted molar refractivity (Wildman–Crippen MR) is 95.1 cm³/mol. The van der Waals surface area contributed by atoms with Gasteiger partial charge in [0.15, 0.2) is 5.58 Å². The molecule has 0 bridgehead atoms. The van der Waals surface area contributed by atoms with Crippen molar-refractivity contribution in [1.29, 1.82) is 0 Å². The Morgan fingerprint density at radius 1 is 1.04 bits per heavy atom. The Balaban J connectivity index is 1.46. The highest BCUT2D eigenvalue weighted by molar-refractivity contribution is 7.99. The Bertz CT molecular complexity index is 991. The summed E-state index contributed by atoms with van der Waals surface area (Å²) in [5, 5.41) is 4.33. The second-order valence-electron chi connectivity index (χ2n) is 5.16. The number of para-hydroxylation sites is 2. The van der Waals surface area contributed by atoms with Crippen molar-refractivity contribution in [2.24, 2.45) is 0 Å². The molecular formula is C18H13N3O2S. The summed E-state index contributed by atoms with van der Waals surface area (Å²) in [5.41, 5.74) is 3.12. The maximum Gasteiger partial charge on any atom is 0.257 e. The zero-order valence-electron chi connectivity index (χ0n) is 12.6. The maximum atomic E-state index is 12.2. The van der Waals surface area contributed by atoms with Crippen molar-refractivity contribution in [2.45, 2.75) is 5.22 Å². The number of nitrogens with one attached hydrogen (secondary N) is 1. The summed E-state index contributed by atoms with van der Waals surface area (Å²) in [6.07, 6.45) is 1.73. The summed E-state index contributed by atoms with van der Waals surface area (Å²) in [5.74, 6) is 0.113. The van der Waals surface area contributed by atoms with Crippen LogP contribution in [-0.2, 0) is 4.79 Å². The minimum atomic E-state index is -0.112. The van der Waals surface area contributed by atoms with Crippen molar-refractivity contribution < 1.29 is 9.21 Å². The quantitative estimate of drug-likeness (QED) is 0.569. The third kappa shape index (κ3) is 2.96. The van der Waals surface area contributed by atoms with E-state index in [-0.39, 0.29) is 11.7 Å². The monoisotopic (exact) mass is 335 g/mol. The number of pyridine rings is 1. The van der Waals surface area contributed by atoms with Crippen molar-refractivity contribution >= 4 is 45.4 Å². The molecule has 0 unspecified atom stereocenters. The summed E-state index contributed by atoms with van der Waals surface area (Å²) in [6.45, 7) is 0.